The lowest BCUT2D eigenvalue weighted by atomic mass is 9.56. The third kappa shape index (κ3) is 12.6. The summed E-state index contributed by atoms with van der Waals surface area (Å²) in [5.41, 5.74) is -20.1. The first-order valence-electron chi connectivity index (χ1n) is 19.8. The molecule has 10 N–H and O–H groups in total. The van der Waals surface area contributed by atoms with Crippen molar-refractivity contribution in [3.8, 4) is 0 Å². The largest absolute Gasteiger partial charge is 0.481 e. The van der Waals surface area contributed by atoms with Crippen LogP contribution in [-0.2, 0) is 47.9 Å². The smallest absolute Gasteiger partial charge is 0.309 e. The predicted octanol–water partition coefficient (Wildman–Crippen LogP) is 5.69. The number of carboxylic acids is 10. The molecule has 0 radical (unpaired) electrons. The second kappa shape index (κ2) is 19.0. The number of carboxylic acid groups (broad SMARTS) is 10. The van der Waals surface area contributed by atoms with E-state index in [9.17, 15) is 99.0 Å². The van der Waals surface area contributed by atoms with Gasteiger partial charge in [-0.1, -0.05) is 20.8 Å². The summed E-state index contributed by atoms with van der Waals surface area (Å²) in [6.07, 6.45) is -7.82. The Bertz CT molecular complexity index is 1820. The Hall–Kier alpha value is -5.30. The molecule has 10 atom stereocenters. The van der Waals surface area contributed by atoms with Crippen molar-refractivity contribution in [2.45, 2.75) is 141 Å². The Morgan fingerprint density at radius 1 is 0.306 bits per heavy atom. The first-order chi connectivity index (χ1) is 27.4. The van der Waals surface area contributed by atoms with Crippen LogP contribution in [0.25, 0.3) is 0 Å². The van der Waals surface area contributed by atoms with Crippen molar-refractivity contribution < 1.29 is 99.0 Å². The molecular formula is C42H66O20. The highest BCUT2D eigenvalue weighted by molar-refractivity contribution is 5.85. The van der Waals surface area contributed by atoms with Crippen molar-refractivity contribution in [1.29, 1.82) is 0 Å². The lowest BCUT2D eigenvalue weighted by molar-refractivity contribution is -0.168. The maximum absolute atomic E-state index is 13.2. The van der Waals surface area contributed by atoms with Crippen LogP contribution < -0.4 is 0 Å². The topological polar surface area (TPSA) is 373 Å². The van der Waals surface area contributed by atoms with Crippen LogP contribution in [0.2, 0.25) is 0 Å². The maximum Gasteiger partial charge on any atom is 0.309 e. The van der Waals surface area contributed by atoms with Gasteiger partial charge in [0, 0.05) is 0 Å². The third-order valence-electron chi connectivity index (χ3n) is 13.3. The number of carbonyl (C=O) groups is 10. The molecule has 20 nitrogen and oxygen atoms in total. The Labute approximate surface area is 359 Å². The highest BCUT2D eigenvalue weighted by Crippen LogP contribution is 2.55. The second-order valence-electron chi connectivity index (χ2n) is 20.7. The molecule has 0 rings (SSSR count). The van der Waals surface area contributed by atoms with Crippen LogP contribution in [0.1, 0.15) is 141 Å². The molecule has 354 valence electrons. The Kier molecular flexibility index (Phi) is 17.4. The van der Waals surface area contributed by atoms with Gasteiger partial charge in [-0.3, -0.25) is 47.9 Å². The van der Waals surface area contributed by atoms with E-state index in [2.05, 4.69) is 0 Å². The normalized spacial score (nSPS) is 21.1. The average Bonchev–Trinajstić information content (AvgIpc) is 3.06. The van der Waals surface area contributed by atoms with E-state index in [1.165, 1.54) is 27.7 Å². The minimum absolute atomic E-state index is 0.577. The Morgan fingerprint density at radius 3 is 0.629 bits per heavy atom. The number of hydrogen-bond donors (Lipinski definition) is 10. The summed E-state index contributed by atoms with van der Waals surface area (Å²) in [7, 11) is 0. The molecule has 0 fully saturated rings. The molecule has 0 aliphatic carbocycles. The highest BCUT2D eigenvalue weighted by Gasteiger charge is 2.59. The van der Waals surface area contributed by atoms with Gasteiger partial charge in [0.15, 0.2) is 0 Å². The van der Waals surface area contributed by atoms with E-state index >= 15 is 0 Å². The van der Waals surface area contributed by atoms with Crippen molar-refractivity contribution in [3.63, 3.8) is 0 Å². The minimum Gasteiger partial charge on any atom is -0.481 e. The first-order valence-corrected chi connectivity index (χ1v) is 19.8. The van der Waals surface area contributed by atoms with Gasteiger partial charge >= 0.3 is 59.7 Å². The predicted molar refractivity (Wildman–Crippen MR) is 215 cm³/mol. The van der Waals surface area contributed by atoms with Crippen molar-refractivity contribution in [1.82, 2.24) is 0 Å². The van der Waals surface area contributed by atoms with Crippen molar-refractivity contribution >= 4 is 59.7 Å². The fourth-order valence-electron chi connectivity index (χ4n) is 9.86. The molecule has 0 aliphatic rings. The summed E-state index contributed by atoms with van der Waals surface area (Å²) in [4.78, 5) is 128. The zero-order valence-corrected chi connectivity index (χ0v) is 37.6. The van der Waals surface area contributed by atoms with Crippen LogP contribution in [0.3, 0.4) is 0 Å². The van der Waals surface area contributed by atoms with E-state index in [-0.39, 0.29) is 0 Å². The van der Waals surface area contributed by atoms with E-state index in [0.717, 1.165) is 55.4 Å². The quantitative estimate of drug-likeness (QED) is 0.0431. The summed E-state index contributed by atoms with van der Waals surface area (Å²) < 4.78 is 0. The zero-order valence-electron chi connectivity index (χ0n) is 37.6. The molecule has 0 bridgehead atoms. The molecular weight excluding hydrogens is 824 g/mol. The molecule has 0 spiro atoms. The lowest BCUT2D eigenvalue weighted by Crippen LogP contribution is -2.50. The number of rotatable bonds is 29. The van der Waals surface area contributed by atoms with Crippen LogP contribution in [0, 0.1) is 60.6 Å². The molecule has 20 heteroatoms. The maximum atomic E-state index is 13.2. The molecule has 0 aromatic carbocycles. The molecule has 10 unspecified atom stereocenters. The lowest BCUT2D eigenvalue weighted by Gasteiger charge is -2.45. The van der Waals surface area contributed by atoms with E-state index in [0.29, 0.717) is 0 Å². The van der Waals surface area contributed by atoms with Crippen LogP contribution in [0.4, 0.5) is 0 Å². The zero-order chi connectivity index (χ0) is 49.8. The Morgan fingerprint density at radius 2 is 0.484 bits per heavy atom. The van der Waals surface area contributed by atoms with Gasteiger partial charge < -0.3 is 51.1 Å². The third-order valence-corrected chi connectivity index (χ3v) is 13.3. The van der Waals surface area contributed by atoms with E-state index in [1.54, 1.807) is 0 Å². The van der Waals surface area contributed by atoms with Gasteiger partial charge in [-0.2, -0.15) is 0 Å². The molecule has 62 heavy (non-hydrogen) atoms. The van der Waals surface area contributed by atoms with Gasteiger partial charge in [0.25, 0.3) is 0 Å². The molecule has 0 aliphatic heterocycles. The molecule has 0 amide bonds. The summed E-state index contributed by atoms with van der Waals surface area (Å²) in [6.45, 7) is 13.6. The van der Waals surface area contributed by atoms with Crippen molar-refractivity contribution in [3.05, 3.63) is 0 Å². The van der Waals surface area contributed by atoms with Crippen LogP contribution >= 0.6 is 0 Å². The molecule has 0 saturated carbocycles. The first kappa shape index (κ1) is 56.7. The molecule has 0 saturated heterocycles. The summed E-state index contributed by atoms with van der Waals surface area (Å²) in [6, 6.07) is 0. The molecule has 0 aromatic heterocycles. The Balaban J connectivity index is 7.51. The van der Waals surface area contributed by atoms with Gasteiger partial charge in [0.1, 0.15) is 0 Å². The number of aliphatic carboxylic acids is 10. The highest BCUT2D eigenvalue weighted by atomic mass is 16.4. The van der Waals surface area contributed by atoms with Gasteiger partial charge in [-0.05, 0) is 126 Å². The summed E-state index contributed by atoms with van der Waals surface area (Å²) in [5.74, 6) is -18.4. The monoisotopic (exact) mass is 890 g/mol. The minimum atomic E-state index is -2.44. The number of hydrogen-bond acceptors (Lipinski definition) is 10. The average molecular weight is 891 g/mol. The van der Waals surface area contributed by atoms with Crippen LogP contribution in [0.5, 0.6) is 0 Å². The van der Waals surface area contributed by atoms with Crippen molar-refractivity contribution in [2.24, 2.45) is 60.6 Å². The summed E-state index contributed by atoms with van der Waals surface area (Å²) in [5, 5.41) is 103. The van der Waals surface area contributed by atoms with E-state index in [1.807, 2.05) is 0 Å². The van der Waals surface area contributed by atoms with Crippen molar-refractivity contribution in [2.75, 3.05) is 0 Å². The second-order valence-corrected chi connectivity index (χ2v) is 20.7. The van der Waals surface area contributed by atoms with Crippen LogP contribution in [0.15, 0.2) is 0 Å². The van der Waals surface area contributed by atoms with E-state index < -0.39 is 178 Å². The fourth-order valence-corrected chi connectivity index (χ4v) is 9.86. The standard InChI is InChI=1S/C42H66O20/c1-22(2)42(12,33(61)62)21-41(11,32(59)60)20-40(10,31(57)58)19-39(9,30(55)56)18-38(8,29(53)54)17-37(7,28(51)52)16-36(6,27(49)50)15-35(5,26(47)48)14-34(4,25(45)46)13-23(3)24(43)44/h22-23H,13-21H2,1-12H3,(H,43,44)(H,45,46)(H,47,48)(H,49,50)(H,51,52)(H,53,54)(H,55,56)(H,57,58)(H,59,60)(H,61,62). The fraction of sp³-hybridized carbons (Fsp3) is 0.762. The summed E-state index contributed by atoms with van der Waals surface area (Å²) >= 11 is 0. The molecule has 0 heterocycles. The van der Waals surface area contributed by atoms with Gasteiger partial charge in [-0.25, -0.2) is 0 Å². The van der Waals surface area contributed by atoms with Gasteiger partial charge in [0.05, 0.1) is 54.7 Å². The van der Waals surface area contributed by atoms with E-state index in [4.69, 9.17) is 0 Å². The van der Waals surface area contributed by atoms with Crippen LogP contribution in [-0.4, -0.2) is 111 Å². The SMILES string of the molecule is CC(CC(C)(CC(C)(CC(C)(CC(C)(CC(C)(CC(C)(CC(C)(CC(C)(CC(C)(C(=O)O)C(C)C)C(=O)O)C(=O)O)C(=O)O)C(=O)O)C(=O)O)C(=O)O)C(=O)O)C(=O)O)C(=O)O. The van der Waals surface area contributed by atoms with Gasteiger partial charge in [-0.15, -0.1) is 0 Å². The molecule has 0 aromatic rings. The van der Waals surface area contributed by atoms with Gasteiger partial charge in [0.2, 0.25) is 0 Å².